The van der Waals surface area contributed by atoms with E-state index in [1.165, 1.54) is 37.7 Å². The molecule has 1 aromatic rings. The van der Waals surface area contributed by atoms with Crippen molar-refractivity contribution in [2.75, 3.05) is 6.54 Å². The van der Waals surface area contributed by atoms with Crippen LogP contribution in [0.1, 0.15) is 51.5 Å². The normalized spacial score (nSPS) is 22.8. The number of hydrogen-bond donors (Lipinski definition) is 1. The highest BCUT2D eigenvalue weighted by atomic mass is 35.5. The summed E-state index contributed by atoms with van der Waals surface area (Å²) in [7, 11) is 0. The molecule has 1 aliphatic carbocycles. The average Bonchev–Trinajstić information content (AvgIpc) is 2.48. The molecule has 0 aromatic heterocycles. The van der Waals surface area contributed by atoms with Crippen molar-refractivity contribution in [2.45, 2.75) is 58.6 Å². The van der Waals surface area contributed by atoms with E-state index in [-0.39, 0.29) is 0 Å². The first-order valence-corrected chi connectivity index (χ1v) is 8.28. The zero-order valence-corrected chi connectivity index (χ0v) is 13.4. The van der Waals surface area contributed by atoms with Crippen molar-refractivity contribution in [1.29, 1.82) is 0 Å². The van der Waals surface area contributed by atoms with Gasteiger partial charge in [-0.1, -0.05) is 31.9 Å². The van der Waals surface area contributed by atoms with Crippen molar-refractivity contribution < 1.29 is 4.74 Å². The van der Waals surface area contributed by atoms with Crippen LogP contribution >= 0.6 is 11.6 Å². The molecule has 0 heterocycles. The van der Waals surface area contributed by atoms with Crippen LogP contribution in [0, 0.1) is 5.92 Å². The Morgan fingerprint density at radius 2 is 2.05 bits per heavy atom. The molecule has 0 bridgehead atoms. The van der Waals surface area contributed by atoms with Crippen molar-refractivity contribution in [3.05, 3.63) is 28.8 Å². The summed E-state index contributed by atoms with van der Waals surface area (Å²) < 4.78 is 6.34. The molecule has 0 saturated heterocycles. The van der Waals surface area contributed by atoms with Crippen LogP contribution < -0.4 is 10.1 Å². The third-order valence-corrected chi connectivity index (χ3v) is 4.47. The van der Waals surface area contributed by atoms with E-state index in [1.807, 2.05) is 18.2 Å². The molecule has 1 fully saturated rings. The fourth-order valence-corrected chi connectivity index (χ4v) is 3.21. The molecule has 2 rings (SSSR count). The summed E-state index contributed by atoms with van der Waals surface area (Å²) in [5.41, 5.74) is 1.17. The minimum absolute atomic E-state index is 0.371. The topological polar surface area (TPSA) is 21.3 Å². The Labute approximate surface area is 127 Å². The summed E-state index contributed by atoms with van der Waals surface area (Å²) in [5, 5.41) is 4.13. The average molecular weight is 296 g/mol. The monoisotopic (exact) mass is 295 g/mol. The molecule has 2 atom stereocenters. The second-order valence-electron chi connectivity index (χ2n) is 5.64. The van der Waals surface area contributed by atoms with Crippen LogP contribution in [0.4, 0.5) is 0 Å². The number of ether oxygens (including phenoxy) is 1. The summed E-state index contributed by atoms with van der Waals surface area (Å²) in [6.45, 7) is 6.15. The molecular weight excluding hydrogens is 270 g/mol. The molecule has 20 heavy (non-hydrogen) atoms. The summed E-state index contributed by atoms with van der Waals surface area (Å²) in [4.78, 5) is 0. The van der Waals surface area contributed by atoms with Crippen molar-refractivity contribution in [3.8, 4) is 5.75 Å². The maximum Gasteiger partial charge on any atom is 0.124 e. The SMILES string of the molecule is CCNCc1cc(Cl)ccc1OC1CCCCC1CC. The van der Waals surface area contributed by atoms with Crippen molar-refractivity contribution >= 4 is 11.6 Å². The number of hydrogen-bond acceptors (Lipinski definition) is 2. The Morgan fingerprint density at radius 1 is 1.25 bits per heavy atom. The van der Waals surface area contributed by atoms with E-state index >= 15 is 0 Å². The van der Waals surface area contributed by atoms with Crippen LogP contribution in [-0.2, 0) is 6.54 Å². The Bertz CT molecular complexity index is 421. The second kappa shape index (κ2) is 7.90. The first-order valence-electron chi connectivity index (χ1n) is 7.90. The van der Waals surface area contributed by atoms with Crippen LogP contribution in [0.2, 0.25) is 5.02 Å². The number of benzene rings is 1. The lowest BCUT2D eigenvalue weighted by Gasteiger charge is -2.32. The molecule has 0 spiro atoms. The molecule has 0 aliphatic heterocycles. The van der Waals surface area contributed by atoms with Crippen molar-refractivity contribution in [2.24, 2.45) is 5.92 Å². The maximum absolute atomic E-state index is 6.34. The quantitative estimate of drug-likeness (QED) is 0.814. The minimum Gasteiger partial charge on any atom is -0.490 e. The van der Waals surface area contributed by atoms with Gasteiger partial charge in [-0.15, -0.1) is 0 Å². The van der Waals surface area contributed by atoms with Gasteiger partial charge in [-0.25, -0.2) is 0 Å². The fraction of sp³-hybridized carbons (Fsp3) is 0.647. The van der Waals surface area contributed by atoms with Gasteiger partial charge in [0.1, 0.15) is 11.9 Å². The van der Waals surface area contributed by atoms with Crippen molar-refractivity contribution in [3.63, 3.8) is 0 Å². The van der Waals surface area contributed by atoms with Crippen LogP contribution in [0.3, 0.4) is 0 Å². The molecule has 1 aliphatic rings. The van der Waals surface area contributed by atoms with Gasteiger partial charge in [-0.05, 0) is 56.3 Å². The summed E-state index contributed by atoms with van der Waals surface area (Å²) in [5.74, 6) is 1.70. The lowest BCUT2D eigenvalue weighted by Crippen LogP contribution is -2.30. The summed E-state index contributed by atoms with van der Waals surface area (Å²) >= 11 is 6.11. The van der Waals surface area contributed by atoms with E-state index in [9.17, 15) is 0 Å². The Hall–Kier alpha value is -0.730. The smallest absolute Gasteiger partial charge is 0.124 e. The second-order valence-corrected chi connectivity index (χ2v) is 6.08. The minimum atomic E-state index is 0.371. The molecular formula is C17H26ClNO. The highest BCUT2D eigenvalue weighted by Crippen LogP contribution is 2.32. The summed E-state index contributed by atoms with van der Waals surface area (Å²) in [6.07, 6.45) is 6.70. The van der Waals surface area contributed by atoms with Gasteiger partial charge in [0.15, 0.2) is 0 Å². The van der Waals surface area contributed by atoms with Gasteiger partial charge >= 0.3 is 0 Å². The van der Waals surface area contributed by atoms with Gasteiger partial charge in [-0.2, -0.15) is 0 Å². The lowest BCUT2D eigenvalue weighted by molar-refractivity contribution is 0.0893. The standard InChI is InChI=1S/C17H26ClNO/c1-3-13-7-5-6-8-16(13)20-17-10-9-15(18)11-14(17)12-19-4-2/h9-11,13,16,19H,3-8,12H2,1-2H3. The van der Waals surface area contributed by atoms with E-state index < -0.39 is 0 Å². The molecule has 0 radical (unpaired) electrons. The van der Waals surface area contributed by atoms with Gasteiger partial charge in [0.25, 0.3) is 0 Å². The zero-order chi connectivity index (χ0) is 14.4. The zero-order valence-electron chi connectivity index (χ0n) is 12.6. The molecule has 1 saturated carbocycles. The van der Waals surface area contributed by atoms with E-state index in [0.717, 1.165) is 23.9 Å². The van der Waals surface area contributed by atoms with Gasteiger partial charge in [-0.3, -0.25) is 0 Å². The predicted molar refractivity (Wildman–Crippen MR) is 85.5 cm³/mol. The molecule has 2 nitrogen and oxygen atoms in total. The predicted octanol–water partition coefficient (Wildman–Crippen LogP) is 4.80. The van der Waals surface area contributed by atoms with Gasteiger partial charge in [0.2, 0.25) is 0 Å². The largest absolute Gasteiger partial charge is 0.490 e. The van der Waals surface area contributed by atoms with Crippen LogP contribution in [0.5, 0.6) is 5.75 Å². The molecule has 3 heteroatoms. The highest BCUT2D eigenvalue weighted by molar-refractivity contribution is 6.30. The molecule has 1 aromatic carbocycles. The molecule has 1 N–H and O–H groups in total. The Balaban J connectivity index is 2.10. The van der Waals surface area contributed by atoms with E-state index in [0.29, 0.717) is 12.0 Å². The number of rotatable bonds is 6. The van der Waals surface area contributed by atoms with Gasteiger partial charge in [0.05, 0.1) is 0 Å². The molecule has 0 amide bonds. The van der Waals surface area contributed by atoms with E-state index in [1.54, 1.807) is 0 Å². The maximum atomic E-state index is 6.34. The number of nitrogens with one attached hydrogen (secondary N) is 1. The fourth-order valence-electron chi connectivity index (χ4n) is 3.02. The van der Waals surface area contributed by atoms with Crippen LogP contribution in [0.25, 0.3) is 0 Å². The van der Waals surface area contributed by atoms with Crippen LogP contribution in [0.15, 0.2) is 18.2 Å². The van der Waals surface area contributed by atoms with Crippen LogP contribution in [-0.4, -0.2) is 12.6 Å². The molecule has 2 unspecified atom stereocenters. The third-order valence-electron chi connectivity index (χ3n) is 4.23. The van der Waals surface area contributed by atoms with E-state index in [2.05, 4.69) is 19.2 Å². The Kier molecular flexibility index (Phi) is 6.18. The first kappa shape index (κ1) is 15.7. The van der Waals surface area contributed by atoms with Gasteiger partial charge in [0, 0.05) is 17.1 Å². The Morgan fingerprint density at radius 3 is 2.80 bits per heavy atom. The third kappa shape index (κ3) is 4.13. The number of halogens is 1. The highest BCUT2D eigenvalue weighted by Gasteiger charge is 2.25. The lowest BCUT2D eigenvalue weighted by atomic mass is 9.84. The van der Waals surface area contributed by atoms with Crippen molar-refractivity contribution in [1.82, 2.24) is 5.32 Å². The van der Waals surface area contributed by atoms with Gasteiger partial charge < -0.3 is 10.1 Å². The van der Waals surface area contributed by atoms with E-state index in [4.69, 9.17) is 16.3 Å². The molecule has 112 valence electrons. The summed E-state index contributed by atoms with van der Waals surface area (Å²) in [6, 6.07) is 5.97. The first-order chi connectivity index (χ1) is 9.74.